The molecule has 0 aromatic heterocycles. The van der Waals surface area contributed by atoms with Gasteiger partial charge in [-0.2, -0.15) is 0 Å². The first-order valence-electron chi connectivity index (χ1n) is 7.83. The van der Waals surface area contributed by atoms with E-state index >= 15 is 0 Å². The molecule has 1 atom stereocenters. The van der Waals surface area contributed by atoms with Gasteiger partial charge >= 0.3 is 6.03 Å². The summed E-state index contributed by atoms with van der Waals surface area (Å²) in [5.41, 5.74) is 0.660. The molecule has 2 saturated heterocycles. The fourth-order valence-corrected chi connectivity index (χ4v) is 2.95. The molecule has 0 unspecified atom stereocenters. The topological polar surface area (TPSA) is 55.9 Å². The summed E-state index contributed by atoms with van der Waals surface area (Å²) in [6, 6.07) is 5.50. The molecule has 1 N–H and O–H groups in total. The second-order valence-electron chi connectivity index (χ2n) is 6.12. The van der Waals surface area contributed by atoms with Crippen molar-refractivity contribution in [1.29, 1.82) is 0 Å². The molecule has 1 aromatic carbocycles. The third kappa shape index (κ3) is 3.61. The van der Waals surface area contributed by atoms with E-state index in [9.17, 15) is 14.0 Å². The number of anilines is 1. The maximum absolute atomic E-state index is 13.0. The molecule has 124 valence electrons. The highest BCUT2D eigenvalue weighted by molar-refractivity contribution is 5.96. The van der Waals surface area contributed by atoms with Crippen LogP contribution in [0.3, 0.4) is 0 Å². The molecular formula is C16H21FN4O2. The third-order valence-corrected chi connectivity index (χ3v) is 4.38. The summed E-state index contributed by atoms with van der Waals surface area (Å²) < 4.78 is 13.0. The summed E-state index contributed by atoms with van der Waals surface area (Å²) in [5.74, 6) is -0.388. The Morgan fingerprint density at radius 3 is 2.48 bits per heavy atom. The lowest BCUT2D eigenvalue weighted by atomic mass is 10.2. The molecule has 23 heavy (non-hydrogen) atoms. The molecule has 0 aliphatic carbocycles. The summed E-state index contributed by atoms with van der Waals surface area (Å²) in [6.45, 7) is 3.54. The van der Waals surface area contributed by atoms with Crippen molar-refractivity contribution in [3.63, 3.8) is 0 Å². The van der Waals surface area contributed by atoms with Crippen molar-refractivity contribution in [2.45, 2.75) is 12.5 Å². The molecule has 2 heterocycles. The quantitative estimate of drug-likeness (QED) is 0.880. The van der Waals surface area contributed by atoms with Gasteiger partial charge in [0.2, 0.25) is 5.91 Å². The van der Waals surface area contributed by atoms with Gasteiger partial charge < -0.3 is 20.0 Å². The maximum atomic E-state index is 13.0. The Morgan fingerprint density at radius 2 is 1.83 bits per heavy atom. The Labute approximate surface area is 134 Å². The van der Waals surface area contributed by atoms with Crippen LogP contribution in [0.15, 0.2) is 24.3 Å². The summed E-state index contributed by atoms with van der Waals surface area (Å²) >= 11 is 0. The van der Waals surface area contributed by atoms with Gasteiger partial charge in [-0.15, -0.1) is 0 Å². The Balaban J connectivity index is 1.57. The van der Waals surface area contributed by atoms with Crippen LogP contribution in [0.4, 0.5) is 14.9 Å². The molecule has 0 bridgehead atoms. The van der Waals surface area contributed by atoms with Crippen LogP contribution in [0.25, 0.3) is 0 Å². The van der Waals surface area contributed by atoms with Gasteiger partial charge in [0.05, 0.1) is 6.04 Å². The molecule has 7 heteroatoms. The highest BCUT2D eigenvalue weighted by Gasteiger charge is 2.32. The van der Waals surface area contributed by atoms with Crippen LogP contribution in [-0.4, -0.2) is 67.6 Å². The van der Waals surface area contributed by atoms with Crippen molar-refractivity contribution in [3.05, 3.63) is 30.1 Å². The predicted octanol–water partition coefficient (Wildman–Crippen LogP) is 0.888. The van der Waals surface area contributed by atoms with E-state index in [0.29, 0.717) is 25.3 Å². The Bertz CT molecular complexity index is 584. The zero-order valence-electron chi connectivity index (χ0n) is 13.2. The predicted molar refractivity (Wildman–Crippen MR) is 84.8 cm³/mol. The Morgan fingerprint density at radius 1 is 1.17 bits per heavy atom. The second-order valence-corrected chi connectivity index (χ2v) is 6.12. The molecule has 2 aliphatic heterocycles. The van der Waals surface area contributed by atoms with E-state index in [-0.39, 0.29) is 30.2 Å². The standard InChI is InChI=1S/C16H21FN4O2/c1-19-6-8-20(9-7-19)16(23)18-13-10-15(22)21(11-13)14-4-2-12(17)3-5-14/h2-5,13H,6-11H2,1H3,(H,18,23)/t13-/m1/s1. The summed E-state index contributed by atoms with van der Waals surface area (Å²) in [6.07, 6.45) is 0.275. The minimum Gasteiger partial charge on any atom is -0.333 e. The van der Waals surface area contributed by atoms with Gasteiger partial charge in [-0.25, -0.2) is 9.18 Å². The Hall–Kier alpha value is -2.15. The van der Waals surface area contributed by atoms with Gasteiger partial charge in [-0.3, -0.25) is 4.79 Å². The number of rotatable bonds is 2. The summed E-state index contributed by atoms with van der Waals surface area (Å²) in [7, 11) is 2.03. The van der Waals surface area contributed by atoms with E-state index in [4.69, 9.17) is 0 Å². The van der Waals surface area contributed by atoms with Gasteiger partial charge in [0.15, 0.2) is 0 Å². The van der Waals surface area contributed by atoms with Crippen LogP contribution in [0.5, 0.6) is 0 Å². The number of nitrogens with zero attached hydrogens (tertiary/aromatic N) is 3. The van der Waals surface area contributed by atoms with Crippen molar-refractivity contribution in [2.75, 3.05) is 44.7 Å². The van der Waals surface area contributed by atoms with E-state index < -0.39 is 0 Å². The highest BCUT2D eigenvalue weighted by Crippen LogP contribution is 2.22. The number of carbonyl (C=O) groups excluding carboxylic acids is 2. The summed E-state index contributed by atoms with van der Waals surface area (Å²) in [5, 5.41) is 2.94. The molecule has 2 aliphatic rings. The number of piperazine rings is 1. The van der Waals surface area contributed by atoms with Crippen LogP contribution in [0, 0.1) is 5.82 Å². The lowest BCUT2D eigenvalue weighted by Gasteiger charge is -2.33. The van der Waals surface area contributed by atoms with Crippen LogP contribution >= 0.6 is 0 Å². The van der Waals surface area contributed by atoms with Crippen LogP contribution in [-0.2, 0) is 4.79 Å². The number of halogens is 1. The number of likely N-dealkylation sites (N-methyl/N-ethyl adjacent to an activating group) is 1. The first kappa shape index (κ1) is 15.7. The van der Waals surface area contributed by atoms with Crippen LogP contribution in [0.2, 0.25) is 0 Å². The van der Waals surface area contributed by atoms with Crippen LogP contribution < -0.4 is 10.2 Å². The number of urea groups is 1. The number of hydrogen-bond acceptors (Lipinski definition) is 3. The largest absolute Gasteiger partial charge is 0.333 e. The summed E-state index contributed by atoms with van der Waals surface area (Å²) in [4.78, 5) is 30.0. The second kappa shape index (κ2) is 6.54. The molecule has 0 radical (unpaired) electrons. The molecular weight excluding hydrogens is 299 g/mol. The monoisotopic (exact) mass is 320 g/mol. The lowest BCUT2D eigenvalue weighted by molar-refractivity contribution is -0.117. The van der Waals surface area contributed by atoms with Crippen molar-refractivity contribution in [3.8, 4) is 0 Å². The number of amides is 3. The number of hydrogen-bond donors (Lipinski definition) is 1. The molecule has 1 aromatic rings. The molecule has 0 spiro atoms. The lowest BCUT2D eigenvalue weighted by Crippen LogP contribution is -2.52. The van der Waals surface area contributed by atoms with Gasteiger partial charge in [-0.05, 0) is 31.3 Å². The fraction of sp³-hybridized carbons (Fsp3) is 0.500. The van der Waals surface area contributed by atoms with Crippen molar-refractivity contribution in [1.82, 2.24) is 15.1 Å². The first-order valence-corrected chi connectivity index (χ1v) is 7.83. The average Bonchev–Trinajstić information content (AvgIpc) is 2.89. The molecule has 3 amide bonds. The number of benzene rings is 1. The minimum absolute atomic E-state index is 0.0553. The van der Waals surface area contributed by atoms with E-state index in [2.05, 4.69) is 10.2 Å². The first-order chi connectivity index (χ1) is 11.0. The van der Waals surface area contributed by atoms with E-state index in [1.54, 1.807) is 21.9 Å². The molecule has 6 nitrogen and oxygen atoms in total. The SMILES string of the molecule is CN1CCN(C(=O)N[C@@H]2CC(=O)N(c3ccc(F)cc3)C2)CC1. The minimum atomic E-state index is -0.333. The zero-order chi connectivity index (χ0) is 16.4. The molecule has 3 rings (SSSR count). The van der Waals surface area contributed by atoms with Gasteiger partial charge in [0.1, 0.15) is 5.82 Å². The van der Waals surface area contributed by atoms with E-state index in [1.165, 1.54) is 12.1 Å². The van der Waals surface area contributed by atoms with Gasteiger partial charge in [0.25, 0.3) is 0 Å². The van der Waals surface area contributed by atoms with Crippen molar-refractivity contribution >= 4 is 17.6 Å². The zero-order valence-corrected chi connectivity index (χ0v) is 13.2. The van der Waals surface area contributed by atoms with Gasteiger partial charge in [0, 0.05) is 44.8 Å². The fourth-order valence-electron chi connectivity index (χ4n) is 2.95. The molecule has 0 saturated carbocycles. The number of carbonyl (C=O) groups is 2. The average molecular weight is 320 g/mol. The van der Waals surface area contributed by atoms with Crippen molar-refractivity contribution < 1.29 is 14.0 Å². The van der Waals surface area contributed by atoms with Gasteiger partial charge in [-0.1, -0.05) is 0 Å². The van der Waals surface area contributed by atoms with Crippen LogP contribution in [0.1, 0.15) is 6.42 Å². The van der Waals surface area contributed by atoms with E-state index in [1.807, 2.05) is 7.05 Å². The van der Waals surface area contributed by atoms with E-state index in [0.717, 1.165) is 13.1 Å². The molecule has 2 fully saturated rings. The normalized spacial score (nSPS) is 22.5. The smallest absolute Gasteiger partial charge is 0.317 e. The number of nitrogens with one attached hydrogen (secondary N) is 1. The maximum Gasteiger partial charge on any atom is 0.317 e. The van der Waals surface area contributed by atoms with Crippen molar-refractivity contribution in [2.24, 2.45) is 0 Å². The Kier molecular flexibility index (Phi) is 4.47. The highest BCUT2D eigenvalue weighted by atomic mass is 19.1. The third-order valence-electron chi connectivity index (χ3n) is 4.38.